The highest BCUT2D eigenvalue weighted by Crippen LogP contribution is 2.18. The molecule has 0 unspecified atom stereocenters. The van der Waals surface area contributed by atoms with Crippen molar-refractivity contribution in [2.75, 3.05) is 17.2 Å². The standard InChI is InChI=1S/C17H16ClN3O2/c18-13-6-8-14(9-7-13)20-17(22)21-15-4-3-5-16(12-15)23-11-2-1-10-19/h3-9,12H,1-2,11H2,(H2,20,21,22). The molecule has 118 valence electrons. The zero-order valence-corrected chi connectivity index (χ0v) is 13.1. The van der Waals surface area contributed by atoms with Gasteiger partial charge in [-0.1, -0.05) is 17.7 Å². The van der Waals surface area contributed by atoms with Gasteiger partial charge in [0.1, 0.15) is 5.75 Å². The highest BCUT2D eigenvalue weighted by Gasteiger charge is 2.04. The lowest BCUT2D eigenvalue weighted by atomic mass is 10.3. The van der Waals surface area contributed by atoms with Crippen LogP contribution in [0.15, 0.2) is 48.5 Å². The van der Waals surface area contributed by atoms with Crippen LogP contribution >= 0.6 is 11.6 Å². The van der Waals surface area contributed by atoms with E-state index in [1.165, 1.54) is 0 Å². The molecule has 0 saturated heterocycles. The van der Waals surface area contributed by atoms with Crippen LogP contribution in [0.2, 0.25) is 5.02 Å². The first-order valence-corrected chi connectivity index (χ1v) is 7.48. The summed E-state index contributed by atoms with van der Waals surface area (Å²) in [6, 6.07) is 15.6. The summed E-state index contributed by atoms with van der Waals surface area (Å²) in [5, 5.41) is 14.5. The van der Waals surface area contributed by atoms with Crippen LogP contribution in [0.5, 0.6) is 5.75 Å². The number of rotatable bonds is 6. The predicted molar refractivity (Wildman–Crippen MR) is 90.9 cm³/mol. The van der Waals surface area contributed by atoms with Gasteiger partial charge in [0.05, 0.1) is 12.7 Å². The number of hydrogen-bond acceptors (Lipinski definition) is 3. The van der Waals surface area contributed by atoms with Crippen molar-refractivity contribution in [3.05, 3.63) is 53.6 Å². The molecule has 0 aromatic heterocycles. The molecule has 0 saturated carbocycles. The maximum absolute atomic E-state index is 11.9. The Bertz CT molecular complexity index is 696. The van der Waals surface area contributed by atoms with Crippen LogP contribution in [0, 0.1) is 11.3 Å². The second kappa shape index (κ2) is 8.66. The summed E-state index contributed by atoms with van der Waals surface area (Å²) in [5.74, 6) is 0.646. The Morgan fingerprint density at radius 1 is 1.13 bits per heavy atom. The third kappa shape index (κ3) is 5.89. The second-order valence-corrected chi connectivity index (χ2v) is 5.16. The van der Waals surface area contributed by atoms with Gasteiger partial charge in [-0.05, 0) is 42.8 Å². The zero-order valence-electron chi connectivity index (χ0n) is 12.4. The van der Waals surface area contributed by atoms with Gasteiger partial charge in [0.25, 0.3) is 0 Å². The summed E-state index contributed by atoms with van der Waals surface area (Å²) in [5.41, 5.74) is 1.27. The van der Waals surface area contributed by atoms with Gasteiger partial charge in [0.15, 0.2) is 0 Å². The van der Waals surface area contributed by atoms with Gasteiger partial charge in [-0.2, -0.15) is 5.26 Å². The van der Waals surface area contributed by atoms with E-state index < -0.39 is 0 Å². The minimum Gasteiger partial charge on any atom is -0.493 e. The molecule has 6 heteroatoms. The van der Waals surface area contributed by atoms with E-state index in [0.29, 0.717) is 41.6 Å². The van der Waals surface area contributed by atoms with E-state index in [0.717, 1.165) is 0 Å². The molecule has 0 bridgehead atoms. The summed E-state index contributed by atoms with van der Waals surface area (Å²) in [6.07, 6.45) is 1.13. The lowest BCUT2D eigenvalue weighted by Gasteiger charge is -2.10. The molecule has 0 spiro atoms. The summed E-state index contributed by atoms with van der Waals surface area (Å²) >= 11 is 5.80. The minimum absolute atomic E-state index is 0.353. The molecule has 0 aliphatic heterocycles. The van der Waals surface area contributed by atoms with E-state index >= 15 is 0 Å². The van der Waals surface area contributed by atoms with Gasteiger partial charge in [0.2, 0.25) is 0 Å². The quantitative estimate of drug-likeness (QED) is 0.756. The number of anilines is 2. The van der Waals surface area contributed by atoms with Gasteiger partial charge in [-0.15, -0.1) is 0 Å². The van der Waals surface area contributed by atoms with Gasteiger partial charge in [-0.25, -0.2) is 4.79 Å². The molecule has 2 aromatic rings. The average molecular weight is 330 g/mol. The molecule has 2 amide bonds. The van der Waals surface area contributed by atoms with Crippen LogP contribution in [-0.2, 0) is 0 Å². The third-order valence-corrected chi connectivity index (χ3v) is 3.15. The molecule has 2 rings (SSSR count). The molecule has 0 fully saturated rings. The number of hydrogen-bond donors (Lipinski definition) is 2. The molecule has 0 atom stereocenters. The number of ether oxygens (including phenoxy) is 1. The Morgan fingerprint density at radius 2 is 1.87 bits per heavy atom. The Labute approximate surface area is 139 Å². The zero-order chi connectivity index (χ0) is 16.5. The number of benzene rings is 2. The molecule has 0 radical (unpaired) electrons. The van der Waals surface area contributed by atoms with Crippen molar-refractivity contribution in [1.82, 2.24) is 0 Å². The van der Waals surface area contributed by atoms with Crippen LogP contribution in [0.1, 0.15) is 12.8 Å². The molecule has 2 aromatic carbocycles. The van der Waals surface area contributed by atoms with E-state index in [1.807, 2.05) is 0 Å². The Hall–Kier alpha value is -2.71. The van der Waals surface area contributed by atoms with Crippen LogP contribution in [0.25, 0.3) is 0 Å². The van der Waals surface area contributed by atoms with Crippen molar-refractivity contribution < 1.29 is 9.53 Å². The monoisotopic (exact) mass is 329 g/mol. The number of unbranched alkanes of at least 4 members (excludes halogenated alkanes) is 1. The molecule has 0 heterocycles. The van der Waals surface area contributed by atoms with Gasteiger partial charge in [-0.3, -0.25) is 0 Å². The average Bonchev–Trinajstić information content (AvgIpc) is 2.54. The van der Waals surface area contributed by atoms with Gasteiger partial charge >= 0.3 is 6.03 Å². The van der Waals surface area contributed by atoms with Crippen molar-refractivity contribution in [2.45, 2.75) is 12.8 Å². The predicted octanol–water partition coefficient (Wildman–Crippen LogP) is 4.67. The fraction of sp³-hybridized carbons (Fsp3) is 0.176. The number of carbonyl (C=O) groups is 1. The number of urea groups is 1. The van der Waals surface area contributed by atoms with E-state index in [1.54, 1.807) is 48.5 Å². The fourth-order valence-corrected chi connectivity index (χ4v) is 1.96. The van der Waals surface area contributed by atoms with Crippen LogP contribution in [0.4, 0.5) is 16.2 Å². The molecule has 0 aliphatic rings. The number of nitrogens with one attached hydrogen (secondary N) is 2. The van der Waals surface area contributed by atoms with Crippen molar-refractivity contribution in [3.63, 3.8) is 0 Å². The van der Waals surface area contributed by atoms with Crippen LogP contribution < -0.4 is 15.4 Å². The summed E-state index contributed by atoms with van der Waals surface area (Å²) in [4.78, 5) is 11.9. The van der Waals surface area contributed by atoms with Crippen molar-refractivity contribution in [1.29, 1.82) is 5.26 Å². The lowest BCUT2D eigenvalue weighted by molar-refractivity contribution is 0.262. The van der Waals surface area contributed by atoms with E-state index in [9.17, 15) is 4.79 Å². The molecule has 23 heavy (non-hydrogen) atoms. The fourth-order valence-electron chi connectivity index (χ4n) is 1.83. The highest BCUT2D eigenvalue weighted by molar-refractivity contribution is 6.30. The SMILES string of the molecule is N#CCCCOc1cccc(NC(=O)Nc2ccc(Cl)cc2)c1. The largest absolute Gasteiger partial charge is 0.493 e. The van der Waals surface area contributed by atoms with Crippen molar-refractivity contribution >= 4 is 29.0 Å². The van der Waals surface area contributed by atoms with Gasteiger partial charge < -0.3 is 15.4 Å². The smallest absolute Gasteiger partial charge is 0.323 e. The lowest BCUT2D eigenvalue weighted by Crippen LogP contribution is -2.19. The molecule has 2 N–H and O–H groups in total. The number of amides is 2. The third-order valence-electron chi connectivity index (χ3n) is 2.90. The maximum atomic E-state index is 11.9. The highest BCUT2D eigenvalue weighted by atomic mass is 35.5. The minimum atomic E-state index is -0.353. The maximum Gasteiger partial charge on any atom is 0.323 e. The number of nitriles is 1. The first-order valence-electron chi connectivity index (χ1n) is 7.11. The van der Waals surface area contributed by atoms with E-state index in [4.69, 9.17) is 21.6 Å². The number of nitrogens with zero attached hydrogens (tertiary/aromatic N) is 1. The van der Waals surface area contributed by atoms with Crippen molar-refractivity contribution in [3.8, 4) is 11.8 Å². The first kappa shape index (κ1) is 16.7. The molecule has 5 nitrogen and oxygen atoms in total. The molecular weight excluding hydrogens is 314 g/mol. The first-order chi connectivity index (χ1) is 11.2. The van der Waals surface area contributed by atoms with Gasteiger partial charge in [0, 0.05) is 28.9 Å². The summed E-state index contributed by atoms with van der Waals surface area (Å²) in [7, 11) is 0. The summed E-state index contributed by atoms with van der Waals surface area (Å²) in [6.45, 7) is 0.466. The van der Waals surface area contributed by atoms with Crippen molar-refractivity contribution in [2.24, 2.45) is 0 Å². The summed E-state index contributed by atoms with van der Waals surface area (Å²) < 4.78 is 5.52. The van der Waals surface area contributed by atoms with E-state index in [-0.39, 0.29) is 6.03 Å². The topological polar surface area (TPSA) is 74.1 Å². The number of carbonyl (C=O) groups excluding carboxylic acids is 1. The number of halogens is 1. The normalized spacial score (nSPS) is 9.74. The Balaban J connectivity index is 1.88. The molecule has 0 aliphatic carbocycles. The second-order valence-electron chi connectivity index (χ2n) is 4.72. The van der Waals surface area contributed by atoms with Crippen LogP contribution in [0.3, 0.4) is 0 Å². The molecular formula is C17H16ClN3O2. The van der Waals surface area contributed by atoms with Crippen LogP contribution in [-0.4, -0.2) is 12.6 Å². The Kier molecular flexibility index (Phi) is 6.28. The van der Waals surface area contributed by atoms with E-state index in [2.05, 4.69) is 16.7 Å². The Morgan fingerprint density at radius 3 is 2.61 bits per heavy atom.